The molecule has 2 atom stereocenters. The molecule has 1 N–H and O–H groups in total. The molecule has 0 bridgehead atoms. The number of rotatable bonds is 6. The van der Waals surface area contributed by atoms with Gasteiger partial charge in [-0.05, 0) is 46.7 Å². The Morgan fingerprint density at radius 2 is 2.14 bits per heavy atom. The molecule has 0 fully saturated rings. The van der Waals surface area contributed by atoms with Crippen LogP contribution in [0.15, 0.2) is 28.9 Å². The molecule has 1 aliphatic rings. The Kier molecular flexibility index (Phi) is 6.24. The summed E-state index contributed by atoms with van der Waals surface area (Å²) in [6.07, 6.45) is 8.61. The zero-order valence-corrected chi connectivity index (χ0v) is 14.7. The second-order valence-electron chi connectivity index (χ2n) is 6.14. The van der Waals surface area contributed by atoms with E-state index in [0.717, 1.165) is 41.9 Å². The van der Waals surface area contributed by atoms with Crippen LogP contribution in [0.5, 0.6) is 5.88 Å². The Labute approximate surface area is 136 Å². The molecule has 1 aromatic heterocycles. The van der Waals surface area contributed by atoms with E-state index in [1.165, 1.54) is 0 Å². The zero-order valence-electron chi connectivity index (χ0n) is 13.1. The van der Waals surface area contributed by atoms with E-state index in [2.05, 4.69) is 65.2 Å². The fourth-order valence-electron chi connectivity index (χ4n) is 2.46. The van der Waals surface area contributed by atoms with E-state index in [-0.39, 0.29) is 0 Å². The SMILES string of the molecule is CC(C)NCc1cc(Br)cnc1OCC1CC=CCC1C. The van der Waals surface area contributed by atoms with Gasteiger partial charge in [0.2, 0.25) is 5.88 Å². The standard InChI is InChI=1S/C17H25BrN2O/c1-12(2)19-9-15-8-16(18)10-20-17(15)21-11-14-7-5-4-6-13(14)3/h4-5,8,10,12-14,19H,6-7,9,11H2,1-3H3. The molecule has 0 aliphatic heterocycles. The van der Waals surface area contributed by atoms with Crippen LogP contribution in [-0.2, 0) is 6.54 Å². The van der Waals surface area contributed by atoms with E-state index >= 15 is 0 Å². The molecule has 3 nitrogen and oxygen atoms in total. The first-order chi connectivity index (χ1) is 10.1. The molecule has 0 saturated carbocycles. The third-order valence-electron chi connectivity index (χ3n) is 3.94. The summed E-state index contributed by atoms with van der Waals surface area (Å²) in [6, 6.07) is 2.53. The van der Waals surface area contributed by atoms with E-state index in [0.29, 0.717) is 17.9 Å². The van der Waals surface area contributed by atoms with Crippen LogP contribution in [0.4, 0.5) is 0 Å². The van der Waals surface area contributed by atoms with Gasteiger partial charge in [0, 0.05) is 28.8 Å². The van der Waals surface area contributed by atoms with E-state index in [4.69, 9.17) is 4.74 Å². The second-order valence-corrected chi connectivity index (χ2v) is 7.06. The third-order valence-corrected chi connectivity index (χ3v) is 4.38. The minimum absolute atomic E-state index is 0.445. The van der Waals surface area contributed by atoms with Crippen molar-refractivity contribution in [3.63, 3.8) is 0 Å². The van der Waals surface area contributed by atoms with E-state index in [1.807, 2.05) is 0 Å². The molecular formula is C17H25BrN2O. The third kappa shape index (κ3) is 5.11. The summed E-state index contributed by atoms with van der Waals surface area (Å²) in [5.74, 6) is 2.03. The number of halogens is 1. The number of hydrogen-bond acceptors (Lipinski definition) is 3. The highest BCUT2D eigenvalue weighted by Gasteiger charge is 2.19. The first kappa shape index (κ1) is 16.5. The smallest absolute Gasteiger partial charge is 0.217 e. The van der Waals surface area contributed by atoms with Crippen LogP contribution in [0.2, 0.25) is 0 Å². The lowest BCUT2D eigenvalue weighted by molar-refractivity contribution is 0.191. The molecule has 0 spiro atoms. The zero-order chi connectivity index (χ0) is 15.2. The van der Waals surface area contributed by atoms with Gasteiger partial charge in [0.05, 0.1) is 6.61 Å². The van der Waals surface area contributed by atoms with Crippen molar-refractivity contribution in [3.8, 4) is 5.88 Å². The van der Waals surface area contributed by atoms with Crippen molar-refractivity contribution in [3.05, 3.63) is 34.5 Å². The fraction of sp³-hybridized carbons (Fsp3) is 0.588. The van der Waals surface area contributed by atoms with Crippen molar-refractivity contribution < 1.29 is 4.74 Å². The van der Waals surface area contributed by atoms with Crippen molar-refractivity contribution in [2.45, 2.75) is 46.2 Å². The summed E-state index contributed by atoms with van der Waals surface area (Å²) in [6.45, 7) is 8.10. The van der Waals surface area contributed by atoms with Crippen LogP contribution in [0.3, 0.4) is 0 Å². The monoisotopic (exact) mass is 352 g/mol. The second kappa shape index (κ2) is 7.95. The maximum atomic E-state index is 6.03. The van der Waals surface area contributed by atoms with Gasteiger partial charge >= 0.3 is 0 Å². The molecule has 0 saturated heterocycles. The number of allylic oxidation sites excluding steroid dienone is 2. The molecule has 4 heteroatoms. The van der Waals surface area contributed by atoms with Crippen LogP contribution in [0, 0.1) is 11.8 Å². The summed E-state index contributed by atoms with van der Waals surface area (Å²) in [5.41, 5.74) is 1.11. The van der Waals surface area contributed by atoms with Gasteiger partial charge in [-0.2, -0.15) is 0 Å². The Balaban J connectivity index is 1.99. The minimum Gasteiger partial charge on any atom is -0.477 e. The average molecular weight is 353 g/mol. The quantitative estimate of drug-likeness (QED) is 0.774. The number of hydrogen-bond donors (Lipinski definition) is 1. The van der Waals surface area contributed by atoms with Crippen LogP contribution in [0.1, 0.15) is 39.2 Å². The normalized spacial score (nSPS) is 21.8. The summed E-state index contributed by atoms with van der Waals surface area (Å²) in [7, 11) is 0. The average Bonchev–Trinajstić information content (AvgIpc) is 2.45. The molecule has 21 heavy (non-hydrogen) atoms. The van der Waals surface area contributed by atoms with Crippen molar-refractivity contribution in [1.29, 1.82) is 0 Å². The van der Waals surface area contributed by atoms with Crippen LogP contribution < -0.4 is 10.1 Å². The highest BCUT2D eigenvalue weighted by atomic mass is 79.9. The lowest BCUT2D eigenvalue weighted by Gasteiger charge is -2.25. The Morgan fingerprint density at radius 1 is 1.38 bits per heavy atom. The highest BCUT2D eigenvalue weighted by molar-refractivity contribution is 9.10. The summed E-state index contributed by atoms with van der Waals surface area (Å²) in [4.78, 5) is 4.44. The van der Waals surface area contributed by atoms with Crippen LogP contribution in [0.25, 0.3) is 0 Å². The highest BCUT2D eigenvalue weighted by Crippen LogP contribution is 2.27. The van der Waals surface area contributed by atoms with Gasteiger partial charge in [0.15, 0.2) is 0 Å². The van der Waals surface area contributed by atoms with Crippen molar-refractivity contribution in [2.75, 3.05) is 6.61 Å². The van der Waals surface area contributed by atoms with E-state index in [1.54, 1.807) is 6.20 Å². The molecule has 0 amide bonds. The van der Waals surface area contributed by atoms with Gasteiger partial charge in [0.1, 0.15) is 0 Å². The predicted molar refractivity (Wildman–Crippen MR) is 90.4 cm³/mol. The van der Waals surface area contributed by atoms with Gasteiger partial charge in [-0.3, -0.25) is 0 Å². The molecule has 116 valence electrons. The number of nitrogens with one attached hydrogen (secondary N) is 1. The predicted octanol–water partition coefficient (Wildman–Crippen LogP) is 4.32. The van der Waals surface area contributed by atoms with Crippen LogP contribution >= 0.6 is 15.9 Å². The molecule has 0 radical (unpaired) electrons. The molecule has 1 aromatic rings. The van der Waals surface area contributed by atoms with E-state index in [9.17, 15) is 0 Å². The maximum Gasteiger partial charge on any atom is 0.217 e. The summed E-state index contributed by atoms with van der Waals surface area (Å²) in [5, 5.41) is 3.42. The van der Waals surface area contributed by atoms with Crippen molar-refractivity contribution in [1.82, 2.24) is 10.3 Å². The van der Waals surface area contributed by atoms with Gasteiger partial charge in [-0.1, -0.05) is 32.9 Å². The summed E-state index contributed by atoms with van der Waals surface area (Å²) >= 11 is 3.49. The van der Waals surface area contributed by atoms with E-state index < -0.39 is 0 Å². The molecule has 2 unspecified atom stereocenters. The molecule has 1 aliphatic carbocycles. The lowest BCUT2D eigenvalue weighted by Crippen LogP contribution is -2.24. The topological polar surface area (TPSA) is 34.2 Å². The largest absolute Gasteiger partial charge is 0.477 e. The number of nitrogens with zero attached hydrogens (tertiary/aromatic N) is 1. The minimum atomic E-state index is 0.445. The Bertz CT molecular complexity index is 488. The molecular weight excluding hydrogens is 328 g/mol. The molecule has 1 heterocycles. The Morgan fingerprint density at radius 3 is 2.86 bits per heavy atom. The Hall–Kier alpha value is -0.870. The number of pyridine rings is 1. The van der Waals surface area contributed by atoms with Crippen molar-refractivity contribution in [2.24, 2.45) is 11.8 Å². The first-order valence-electron chi connectivity index (χ1n) is 7.72. The molecule has 0 aromatic carbocycles. The number of aromatic nitrogens is 1. The van der Waals surface area contributed by atoms with Gasteiger partial charge in [-0.25, -0.2) is 4.98 Å². The van der Waals surface area contributed by atoms with Gasteiger partial charge in [-0.15, -0.1) is 0 Å². The fourth-order valence-corrected chi connectivity index (χ4v) is 2.84. The molecule has 2 rings (SSSR count). The lowest BCUT2D eigenvalue weighted by atomic mass is 9.85. The van der Waals surface area contributed by atoms with Crippen molar-refractivity contribution >= 4 is 15.9 Å². The van der Waals surface area contributed by atoms with Gasteiger partial charge < -0.3 is 10.1 Å². The maximum absolute atomic E-state index is 6.03. The number of ether oxygens (including phenoxy) is 1. The first-order valence-corrected chi connectivity index (χ1v) is 8.51. The summed E-state index contributed by atoms with van der Waals surface area (Å²) < 4.78 is 7.02. The van der Waals surface area contributed by atoms with Crippen LogP contribution in [-0.4, -0.2) is 17.6 Å². The van der Waals surface area contributed by atoms with Gasteiger partial charge in [0.25, 0.3) is 0 Å².